The summed E-state index contributed by atoms with van der Waals surface area (Å²) in [6.45, 7) is 3.45. The highest BCUT2D eigenvalue weighted by Gasteiger charge is 2.18. The lowest BCUT2D eigenvalue weighted by Gasteiger charge is -2.30. The van der Waals surface area contributed by atoms with Gasteiger partial charge in [-0.15, -0.1) is 0 Å². The van der Waals surface area contributed by atoms with Crippen LogP contribution in [0.3, 0.4) is 0 Å². The second-order valence-electron chi connectivity index (χ2n) is 6.62. The van der Waals surface area contributed by atoms with Crippen LogP contribution in [-0.4, -0.2) is 36.2 Å². The fourth-order valence-corrected chi connectivity index (χ4v) is 3.54. The van der Waals surface area contributed by atoms with Gasteiger partial charge in [0.1, 0.15) is 5.82 Å². The third-order valence-corrected chi connectivity index (χ3v) is 4.89. The van der Waals surface area contributed by atoms with Crippen molar-refractivity contribution in [1.29, 1.82) is 0 Å². The first kappa shape index (κ1) is 17.8. The van der Waals surface area contributed by atoms with E-state index in [1.165, 1.54) is 16.7 Å². The molecule has 3 rings (SSSR count). The van der Waals surface area contributed by atoms with Crippen molar-refractivity contribution in [2.75, 3.05) is 26.2 Å². The zero-order valence-electron chi connectivity index (χ0n) is 14.6. The third-order valence-electron chi connectivity index (χ3n) is 4.89. The molecule has 1 aliphatic heterocycles. The molecular formula is C22H26FNO. The van der Waals surface area contributed by atoms with E-state index in [2.05, 4.69) is 29.2 Å². The number of rotatable bonds is 6. The summed E-state index contributed by atoms with van der Waals surface area (Å²) in [5.41, 5.74) is 5.01. The van der Waals surface area contributed by atoms with E-state index in [4.69, 9.17) is 5.11 Å². The highest BCUT2D eigenvalue weighted by atomic mass is 19.1. The average molecular weight is 339 g/mol. The van der Waals surface area contributed by atoms with Gasteiger partial charge in [0, 0.05) is 19.7 Å². The second-order valence-corrected chi connectivity index (χ2v) is 6.62. The van der Waals surface area contributed by atoms with Crippen LogP contribution in [0.15, 0.2) is 60.2 Å². The van der Waals surface area contributed by atoms with E-state index in [0.29, 0.717) is 0 Å². The first-order chi connectivity index (χ1) is 12.3. The first-order valence-electron chi connectivity index (χ1n) is 9.14. The second kappa shape index (κ2) is 8.93. The number of aliphatic hydroxyl groups is 1. The monoisotopic (exact) mass is 339 g/mol. The molecule has 1 heterocycles. The Balaban J connectivity index is 1.83. The molecular weight excluding hydrogens is 313 g/mol. The van der Waals surface area contributed by atoms with E-state index in [0.717, 1.165) is 50.9 Å². The number of unbranched alkanes of at least 4 members (excludes halogenated alkanes) is 1. The highest BCUT2D eigenvalue weighted by Crippen LogP contribution is 2.32. The summed E-state index contributed by atoms with van der Waals surface area (Å²) in [6.07, 6.45) is 4.02. The Bertz CT molecular complexity index is 684. The molecule has 3 heteroatoms. The predicted molar refractivity (Wildman–Crippen MR) is 101 cm³/mol. The van der Waals surface area contributed by atoms with Crippen molar-refractivity contribution in [3.8, 4) is 0 Å². The van der Waals surface area contributed by atoms with Crippen LogP contribution in [0.2, 0.25) is 0 Å². The number of benzene rings is 2. The number of piperidine rings is 1. The normalized spacial score (nSPS) is 15.4. The van der Waals surface area contributed by atoms with E-state index in [1.54, 1.807) is 12.1 Å². The molecule has 2 nitrogen and oxygen atoms in total. The van der Waals surface area contributed by atoms with Crippen LogP contribution in [0.4, 0.5) is 4.39 Å². The molecule has 0 saturated carbocycles. The summed E-state index contributed by atoms with van der Waals surface area (Å²) in [7, 11) is 0. The van der Waals surface area contributed by atoms with Crippen LogP contribution >= 0.6 is 0 Å². The van der Waals surface area contributed by atoms with E-state index in [1.807, 2.05) is 18.2 Å². The predicted octanol–water partition coefficient (Wildman–Crippen LogP) is 4.50. The van der Waals surface area contributed by atoms with Gasteiger partial charge in [-0.05, 0) is 61.1 Å². The molecule has 0 aliphatic carbocycles. The number of nitrogens with zero attached hydrogens (tertiary/aromatic N) is 1. The standard InChI is InChI=1S/C22H26FNO/c23-21-10-8-19(9-11-21)22(18-6-2-1-3-7-18)20-12-15-24(16-13-20)14-4-5-17-25/h1-3,6-11,25H,4-5,12-17H2. The number of halogens is 1. The van der Waals surface area contributed by atoms with Crippen molar-refractivity contribution in [2.45, 2.75) is 25.7 Å². The maximum Gasteiger partial charge on any atom is 0.123 e. The largest absolute Gasteiger partial charge is 0.396 e. The molecule has 0 amide bonds. The third kappa shape index (κ3) is 4.77. The molecule has 2 aromatic carbocycles. The zero-order valence-corrected chi connectivity index (χ0v) is 14.6. The summed E-state index contributed by atoms with van der Waals surface area (Å²) < 4.78 is 13.4. The van der Waals surface area contributed by atoms with Gasteiger partial charge in [0.05, 0.1) is 0 Å². The minimum atomic E-state index is -0.195. The van der Waals surface area contributed by atoms with Crippen LogP contribution in [0, 0.1) is 5.82 Å². The van der Waals surface area contributed by atoms with Gasteiger partial charge < -0.3 is 10.0 Å². The molecule has 1 saturated heterocycles. The smallest absolute Gasteiger partial charge is 0.123 e. The van der Waals surface area contributed by atoms with Gasteiger partial charge in [-0.1, -0.05) is 48.0 Å². The van der Waals surface area contributed by atoms with Gasteiger partial charge in [0.15, 0.2) is 0 Å². The average Bonchev–Trinajstić information content (AvgIpc) is 2.66. The highest BCUT2D eigenvalue weighted by molar-refractivity contribution is 5.82. The Morgan fingerprint density at radius 2 is 1.52 bits per heavy atom. The molecule has 1 aliphatic rings. The SMILES string of the molecule is OCCCCN1CCC(=C(c2ccccc2)c2ccc(F)cc2)CC1. The van der Waals surface area contributed by atoms with Crippen molar-refractivity contribution in [2.24, 2.45) is 0 Å². The molecule has 0 bridgehead atoms. The van der Waals surface area contributed by atoms with Crippen LogP contribution in [0.5, 0.6) is 0 Å². The Hall–Kier alpha value is -1.97. The molecule has 0 spiro atoms. The van der Waals surface area contributed by atoms with Crippen LogP contribution in [0.1, 0.15) is 36.8 Å². The lowest BCUT2D eigenvalue weighted by Crippen LogP contribution is -2.32. The van der Waals surface area contributed by atoms with Crippen LogP contribution < -0.4 is 0 Å². The summed E-state index contributed by atoms with van der Waals surface area (Å²) >= 11 is 0. The minimum absolute atomic E-state index is 0.195. The maximum absolute atomic E-state index is 13.4. The quantitative estimate of drug-likeness (QED) is 0.784. The Labute approximate surface area is 149 Å². The van der Waals surface area contributed by atoms with E-state index in [9.17, 15) is 4.39 Å². The molecule has 2 aromatic rings. The molecule has 132 valence electrons. The molecule has 0 unspecified atom stereocenters. The number of likely N-dealkylation sites (tertiary alicyclic amines) is 1. The fraction of sp³-hybridized carbons (Fsp3) is 0.364. The minimum Gasteiger partial charge on any atom is -0.396 e. The van der Waals surface area contributed by atoms with E-state index in [-0.39, 0.29) is 12.4 Å². The van der Waals surface area contributed by atoms with Crippen molar-refractivity contribution in [1.82, 2.24) is 4.90 Å². The van der Waals surface area contributed by atoms with Gasteiger partial charge in [-0.25, -0.2) is 4.39 Å². The Morgan fingerprint density at radius 3 is 2.16 bits per heavy atom. The lowest BCUT2D eigenvalue weighted by atomic mass is 9.88. The topological polar surface area (TPSA) is 23.5 Å². The van der Waals surface area contributed by atoms with Gasteiger partial charge in [0.2, 0.25) is 0 Å². The summed E-state index contributed by atoms with van der Waals surface area (Å²) in [5, 5.41) is 8.93. The molecule has 1 fully saturated rings. The summed E-state index contributed by atoms with van der Waals surface area (Å²) in [6, 6.07) is 17.3. The van der Waals surface area contributed by atoms with Gasteiger partial charge >= 0.3 is 0 Å². The molecule has 0 atom stereocenters. The van der Waals surface area contributed by atoms with Gasteiger partial charge in [0.25, 0.3) is 0 Å². The fourth-order valence-electron chi connectivity index (χ4n) is 3.54. The van der Waals surface area contributed by atoms with Crippen molar-refractivity contribution in [3.63, 3.8) is 0 Å². The van der Waals surface area contributed by atoms with Crippen LogP contribution in [0.25, 0.3) is 5.57 Å². The number of hydrogen-bond donors (Lipinski definition) is 1. The molecule has 0 aromatic heterocycles. The molecule has 25 heavy (non-hydrogen) atoms. The number of hydrogen-bond acceptors (Lipinski definition) is 2. The Morgan fingerprint density at radius 1 is 0.880 bits per heavy atom. The van der Waals surface area contributed by atoms with Crippen molar-refractivity contribution >= 4 is 5.57 Å². The Kier molecular flexibility index (Phi) is 6.37. The molecule has 1 N–H and O–H groups in total. The van der Waals surface area contributed by atoms with E-state index < -0.39 is 0 Å². The summed E-state index contributed by atoms with van der Waals surface area (Å²) in [5.74, 6) is -0.195. The molecule has 0 radical (unpaired) electrons. The van der Waals surface area contributed by atoms with E-state index >= 15 is 0 Å². The van der Waals surface area contributed by atoms with Crippen LogP contribution in [-0.2, 0) is 0 Å². The van der Waals surface area contributed by atoms with Crippen molar-refractivity contribution in [3.05, 3.63) is 77.1 Å². The van der Waals surface area contributed by atoms with Gasteiger partial charge in [-0.3, -0.25) is 0 Å². The van der Waals surface area contributed by atoms with Gasteiger partial charge in [-0.2, -0.15) is 0 Å². The zero-order chi connectivity index (χ0) is 17.5. The lowest BCUT2D eigenvalue weighted by molar-refractivity contribution is 0.231. The van der Waals surface area contributed by atoms with Crippen molar-refractivity contribution < 1.29 is 9.50 Å². The first-order valence-corrected chi connectivity index (χ1v) is 9.14. The summed E-state index contributed by atoms with van der Waals surface area (Å²) in [4.78, 5) is 2.48. The number of aliphatic hydroxyl groups excluding tert-OH is 1. The maximum atomic E-state index is 13.4.